The van der Waals surface area contributed by atoms with Gasteiger partial charge in [0, 0.05) is 16.1 Å². The maximum Gasteiger partial charge on any atom is 0.433 e. The van der Waals surface area contributed by atoms with Crippen LogP contribution in [0.4, 0.5) is 17.6 Å². The molecule has 0 bridgehead atoms. The Bertz CT molecular complexity index is 1240. The van der Waals surface area contributed by atoms with Crippen LogP contribution in [0.3, 0.4) is 0 Å². The van der Waals surface area contributed by atoms with E-state index in [4.69, 9.17) is 16.3 Å². The third kappa shape index (κ3) is 4.55. The summed E-state index contributed by atoms with van der Waals surface area (Å²) in [5.41, 5.74) is -0.596. The molecule has 3 aromatic carbocycles. The van der Waals surface area contributed by atoms with Crippen molar-refractivity contribution < 1.29 is 27.4 Å². The van der Waals surface area contributed by atoms with E-state index < -0.39 is 17.7 Å². The number of rotatable bonds is 5. The van der Waals surface area contributed by atoms with Gasteiger partial charge in [0.25, 0.3) is 0 Å². The fourth-order valence-corrected chi connectivity index (χ4v) is 3.31. The van der Waals surface area contributed by atoms with Crippen LogP contribution in [0.25, 0.3) is 22.4 Å². The fourth-order valence-electron chi connectivity index (χ4n) is 3.18. The molecule has 0 amide bonds. The summed E-state index contributed by atoms with van der Waals surface area (Å²) in [5, 5.41) is 16.8. The molecule has 0 aliphatic rings. The lowest BCUT2D eigenvalue weighted by atomic mass is 9.98. The van der Waals surface area contributed by atoms with Gasteiger partial charge in [-0.2, -0.15) is 18.3 Å². The van der Waals surface area contributed by atoms with Crippen molar-refractivity contribution in [2.75, 3.05) is 0 Å². The van der Waals surface area contributed by atoms with E-state index in [2.05, 4.69) is 5.10 Å². The summed E-state index contributed by atoms with van der Waals surface area (Å²) in [7, 11) is 0. The maximum atomic E-state index is 13.6. The van der Waals surface area contributed by atoms with E-state index in [1.807, 2.05) is 5.10 Å². The Morgan fingerprint density at radius 2 is 1.66 bits per heavy atom. The Morgan fingerprint density at radius 3 is 2.31 bits per heavy atom. The molecule has 0 saturated carbocycles. The number of aromatic nitrogens is 2. The number of aromatic hydroxyl groups is 1. The largest absolute Gasteiger partial charge is 0.507 e. The van der Waals surface area contributed by atoms with Crippen molar-refractivity contribution in [1.29, 1.82) is 0 Å². The second-order valence-corrected chi connectivity index (χ2v) is 7.36. The summed E-state index contributed by atoms with van der Waals surface area (Å²) < 4.78 is 59.9. The van der Waals surface area contributed by atoms with E-state index in [9.17, 15) is 22.7 Å². The minimum absolute atomic E-state index is 0.0321. The number of phenolic OH excluding ortho intramolecular Hbond substituents is 1. The van der Waals surface area contributed by atoms with E-state index in [1.165, 1.54) is 30.3 Å². The number of H-pyrrole nitrogens is 1. The molecule has 0 spiro atoms. The summed E-state index contributed by atoms with van der Waals surface area (Å²) in [6.07, 6.45) is -4.74. The van der Waals surface area contributed by atoms with Crippen LogP contribution < -0.4 is 4.74 Å². The van der Waals surface area contributed by atoms with Crippen LogP contribution in [-0.2, 0) is 12.8 Å². The van der Waals surface area contributed by atoms with Gasteiger partial charge in [0.1, 0.15) is 35.3 Å². The van der Waals surface area contributed by atoms with Gasteiger partial charge in [-0.05, 0) is 53.6 Å². The van der Waals surface area contributed by atoms with Crippen molar-refractivity contribution >= 4 is 11.6 Å². The van der Waals surface area contributed by atoms with Crippen molar-refractivity contribution in [1.82, 2.24) is 10.2 Å². The molecule has 164 valence electrons. The monoisotopic (exact) mass is 462 g/mol. The van der Waals surface area contributed by atoms with Gasteiger partial charge < -0.3 is 9.84 Å². The quantitative estimate of drug-likeness (QED) is 0.319. The highest BCUT2D eigenvalue weighted by molar-refractivity contribution is 6.30. The molecule has 0 atom stereocenters. The van der Waals surface area contributed by atoms with E-state index >= 15 is 0 Å². The molecule has 0 radical (unpaired) electrons. The molecular weight excluding hydrogens is 448 g/mol. The Balaban J connectivity index is 1.74. The normalized spacial score (nSPS) is 11.5. The van der Waals surface area contributed by atoms with E-state index in [-0.39, 0.29) is 34.7 Å². The summed E-state index contributed by atoms with van der Waals surface area (Å²) >= 11 is 5.86. The van der Waals surface area contributed by atoms with Crippen molar-refractivity contribution in [3.05, 3.63) is 88.8 Å². The van der Waals surface area contributed by atoms with Crippen LogP contribution in [-0.4, -0.2) is 15.3 Å². The zero-order chi connectivity index (χ0) is 22.9. The third-order valence-corrected chi connectivity index (χ3v) is 4.98. The second-order valence-electron chi connectivity index (χ2n) is 6.92. The Morgan fingerprint density at radius 1 is 0.969 bits per heavy atom. The van der Waals surface area contributed by atoms with Crippen LogP contribution in [0.5, 0.6) is 11.5 Å². The zero-order valence-electron chi connectivity index (χ0n) is 16.3. The number of hydrogen-bond acceptors (Lipinski definition) is 3. The highest BCUT2D eigenvalue weighted by atomic mass is 35.5. The molecule has 1 heterocycles. The second kappa shape index (κ2) is 8.55. The summed E-state index contributed by atoms with van der Waals surface area (Å²) in [4.78, 5) is 0. The fraction of sp³-hybridized carbons (Fsp3) is 0.0870. The highest BCUT2D eigenvalue weighted by Crippen LogP contribution is 2.44. The van der Waals surface area contributed by atoms with Crippen LogP contribution in [0.1, 0.15) is 11.3 Å². The summed E-state index contributed by atoms with van der Waals surface area (Å²) in [5.74, 6) is -0.561. The number of ether oxygens (including phenoxy) is 1. The number of benzene rings is 3. The predicted octanol–water partition coefficient (Wildman–Crippen LogP) is 6.84. The topological polar surface area (TPSA) is 58.1 Å². The molecule has 4 nitrogen and oxygen atoms in total. The lowest BCUT2D eigenvalue weighted by Gasteiger charge is -2.12. The van der Waals surface area contributed by atoms with Gasteiger partial charge in [-0.25, -0.2) is 4.39 Å². The molecule has 0 fully saturated rings. The SMILES string of the molecule is Oc1ccc(OCc2ccc(Cl)cc2)cc1-c1n[nH]c(C(F)(F)F)c1-c1ccc(F)cc1. The van der Waals surface area contributed by atoms with Crippen LogP contribution in [0, 0.1) is 5.82 Å². The lowest BCUT2D eigenvalue weighted by molar-refractivity contribution is -0.140. The highest BCUT2D eigenvalue weighted by Gasteiger charge is 2.38. The van der Waals surface area contributed by atoms with Crippen LogP contribution >= 0.6 is 11.6 Å². The Kier molecular flexibility index (Phi) is 5.80. The maximum absolute atomic E-state index is 13.6. The number of nitrogens with one attached hydrogen (secondary N) is 1. The third-order valence-electron chi connectivity index (χ3n) is 4.72. The molecule has 0 unspecified atom stereocenters. The predicted molar refractivity (Wildman–Crippen MR) is 112 cm³/mol. The zero-order valence-corrected chi connectivity index (χ0v) is 17.0. The first-order chi connectivity index (χ1) is 15.2. The van der Waals surface area contributed by atoms with Gasteiger partial charge in [0.2, 0.25) is 0 Å². The first-order valence-corrected chi connectivity index (χ1v) is 9.72. The molecule has 0 aliphatic carbocycles. The number of alkyl halides is 3. The van der Waals surface area contributed by atoms with Crippen molar-refractivity contribution in [2.24, 2.45) is 0 Å². The van der Waals surface area contributed by atoms with E-state index in [0.29, 0.717) is 10.8 Å². The van der Waals surface area contributed by atoms with Gasteiger partial charge in [0.05, 0.1) is 0 Å². The molecule has 0 saturated heterocycles. The summed E-state index contributed by atoms with van der Waals surface area (Å²) in [6.45, 7) is 0.181. The lowest BCUT2D eigenvalue weighted by Crippen LogP contribution is -2.07. The summed E-state index contributed by atoms with van der Waals surface area (Å²) in [6, 6.07) is 15.7. The molecule has 32 heavy (non-hydrogen) atoms. The van der Waals surface area contributed by atoms with E-state index in [1.54, 1.807) is 24.3 Å². The number of nitrogens with zero attached hydrogens (tertiary/aromatic N) is 1. The van der Waals surface area contributed by atoms with Gasteiger partial charge >= 0.3 is 6.18 Å². The van der Waals surface area contributed by atoms with Crippen molar-refractivity contribution in [3.63, 3.8) is 0 Å². The number of aromatic amines is 1. The van der Waals surface area contributed by atoms with Crippen molar-refractivity contribution in [3.8, 4) is 33.9 Å². The average Bonchev–Trinajstić information content (AvgIpc) is 3.20. The standard InChI is InChI=1S/C23H15ClF4N2O2/c24-15-5-1-13(2-6-15)12-32-17-9-10-19(31)18(11-17)21-20(14-3-7-16(25)8-4-14)22(30-29-21)23(26,27)28/h1-11,31H,12H2,(H,29,30). The number of phenols is 1. The number of hydrogen-bond donors (Lipinski definition) is 2. The Hall–Kier alpha value is -3.52. The first kappa shape index (κ1) is 21.7. The Labute approximate surface area is 185 Å². The van der Waals surface area contributed by atoms with Crippen LogP contribution in [0.2, 0.25) is 5.02 Å². The van der Waals surface area contributed by atoms with Crippen LogP contribution in [0.15, 0.2) is 66.7 Å². The number of halogens is 5. The average molecular weight is 463 g/mol. The van der Waals surface area contributed by atoms with E-state index in [0.717, 1.165) is 17.7 Å². The van der Waals surface area contributed by atoms with Crippen molar-refractivity contribution in [2.45, 2.75) is 12.8 Å². The molecular formula is C23H15ClF4N2O2. The molecule has 2 N–H and O–H groups in total. The molecule has 4 aromatic rings. The van der Waals surface area contributed by atoms with Gasteiger partial charge in [-0.15, -0.1) is 0 Å². The molecule has 9 heteroatoms. The van der Waals surface area contributed by atoms with Gasteiger partial charge in [0.15, 0.2) is 0 Å². The first-order valence-electron chi connectivity index (χ1n) is 9.34. The molecule has 1 aromatic heterocycles. The minimum atomic E-state index is -4.74. The van der Waals surface area contributed by atoms with Gasteiger partial charge in [-0.1, -0.05) is 35.9 Å². The minimum Gasteiger partial charge on any atom is -0.507 e. The molecule has 0 aliphatic heterocycles. The molecule has 4 rings (SSSR count). The smallest absolute Gasteiger partial charge is 0.433 e. The van der Waals surface area contributed by atoms with Gasteiger partial charge in [-0.3, -0.25) is 5.10 Å².